The molecule has 1 nitrogen and oxygen atoms in total. The van der Waals surface area contributed by atoms with Crippen molar-refractivity contribution in [2.24, 2.45) is 0 Å². The number of hydrogen-bond acceptors (Lipinski definition) is 1. The standard InChI is InChI=1S/C6H3BrCl2O.Na/c7-3-1-4(8)6(10)5(9)2-3;/h1-2,10H;/q;+1/p-1. The van der Waals surface area contributed by atoms with Gasteiger partial charge in [-0.1, -0.05) is 44.9 Å². The predicted molar refractivity (Wildman–Crippen MR) is 43.6 cm³/mol. The van der Waals surface area contributed by atoms with Crippen LogP contribution in [-0.2, 0) is 0 Å². The van der Waals surface area contributed by atoms with Crippen molar-refractivity contribution in [2.75, 3.05) is 0 Å². The Hall–Kier alpha value is 1.08. The molecule has 0 aliphatic heterocycles. The van der Waals surface area contributed by atoms with Gasteiger partial charge in [0.1, 0.15) is 0 Å². The third-order valence-corrected chi connectivity index (χ3v) is 1.98. The van der Waals surface area contributed by atoms with E-state index in [0.29, 0.717) is 4.47 Å². The second-order valence-corrected chi connectivity index (χ2v) is 3.43. The Morgan fingerprint density at radius 1 is 1.18 bits per heavy atom. The minimum Gasteiger partial charge on any atom is -0.870 e. The average Bonchev–Trinajstić information content (AvgIpc) is 1.82. The average molecular weight is 264 g/mol. The molecule has 0 aliphatic rings. The molecule has 0 amide bonds. The SMILES string of the molecule is [Na+].[O-]c1c(Cl)cc(Br)cc1Cl. The van der Waals surface area contributed by atoms with Crippen LogP contribution in [0, 0.1) is 0 Å². The Balaban J connectivity index is 0.000001000. The third-order valence-electron chi connectivity index (χ3n) is 0.963. The molecule has 1 aromatic rings. The number of rotatable bonds is 0. The number of halogens is 3. The van der Waals surface area contributed by atoms with E-state index in [4.69, 9.17) is 23.2 Å². The maximum absolute atomic E-state index is 10.8. The van der Waals surface area contributed by atoms with Gasteiger partial charge in [-0.2, -0.15) is 0 Å². The van der Waals surface area contributed by atoms with Crippen molar-refractivity contribution in [3.63, 3.8) is 0 Å². The molecule has 0 heterocycles. The fraction of sp³-hybridized carbons (Fsp3) is 0. The second kappa shape index (κ2) is 4.95. The van der Waals surface area contributed by atoms with Gasteiger partial charge in [-0.15, -0.1) is 0 Å². The van der Waals surface area contributed by atoms with Crippen LogP contribution < -0.4 is 34.7 Å². The first-order valence-corrected chi connectivity index (χ1v) is 3.97. The van der Waals surface area contributed by atoms with Crippen LogP contribution in [0.3, 0.4) is 0 Å². The van der Waals surface area contributed by atoms with Gasteiger partial charge in [0.15, 0.2) is 0 Å². The summed E-state index contributed by atoms with van der Waals surface area (Å²) >= 11 is 14.1. The molecular weight excluding hydrogens is 262 g/mol. The van der Waals surface area contributed by atoms with E-state index in [2.05, 4.69) is 15.9 Å². The van der Waals surface area contributed by atoms with E-state index in [1.807, 2.05) is 0 Å². The predicted octanol–water partition coefficient (Wildman–Crippen LogP) is -0.167. The van der Waals surface area contributed by atoms with Crippen LogP contribution in [0.15, 0.2) is 16.6 Å². The van der Waals surface area contributed by atoms with Crippen LogP contribution in [0.1, 0.15) is 0 Å². The van der Waals surface area contributed by atoms with E-state index in [0.717, 1.165) is 0 Å². The first-order valence-electron chi connectivity index (χ1n) is 2.43. The number of benzene rings is 1. The second-order valence-electron chi connectivity index (χ2n) is 1.70. The van der Waals surface area contributed by atoms with Crippen molar-refractivity contribution >= 4 is 39.1 Å². The topological polar surface area (TPSA) is 23.1 Å². The van der Waals surface area contributed by atoms with Crippen LogP contribution >= 0.6 is 39.1 Å². The Kier molecular flexibility index (Phi) is 5.44. The van der Waals surface area contributed by atoms with Crippen LogP contribution in [0.25, 0.3) is 0 Å². The molecule has 0 fully saturated rings. The molecule has 0 unspecified atom stereocenters. The van der Waals surface area contributed by atoms with E-state index in [-0.39, 0.29) is 45.4 Å². The van der Waals surface area contributed by atoms with Crippen molar-refractivity contribution in [1.29, 1.82) is 0 Å². The third kappa shape index (κ3) is 3.13. The fourth-order valence-electron chi connectivity index (χ4n) is 0.529. The van der Waals surface area contributed by atoms with E-state index in [9.17, 15) is 5.11 Å². The Labute approximate surface area is 105 Å². The van der Waals surface area contributed by atoms with Crippen LogP contribution in [-0.4, -0.2) is 0 Å². The minimum atomic E-state index is -0.327. The Bertz CT molecular complexity index is 244. The Morgan fingerprint density at radius 2 is 1.55 bits per heavy atom. The molecule has 0 saturated heterocycles. The summed E-state index contributed by atoms with van der Waals surface area (Å²) in [6.45, 7) is 0. The van der Waals surface area contributed by atoms with Crippen LogP contribution in [0.2, 0.25) is 10.0 Å². The first-order chi connectivity index (χ1) is 4.61. The molecule has 0 bridgehead atoms. The van der Waals surface area contributed by atoms with E-state index in [1.165, 1.54) is 12.1 Å². The maximum atomic E-state index is 10.8. The van der Waals surface area contributed by atoms with Gasteiger partial charge in [-0.05, 0) is 12.1 Å². The van der Waals surface area contributed by atoms with Crippen molar-refractivity contribution in [1.82, 2.24) is 0 Å². The summed E-state index contributed by atoms with van der Waals surface area (Å²) in [6.07, 6.45) is 0. The summed E-state index contributed by atoms with van der Waals surface area (Å²) in [5.74, 6) is -0.327. The Morgan fingerprint density at radius 3 is 1.91 bits per heavy atom. The largest absolute Gasteiger partial charge is 1.00 e. The molecule has 5 heteroatoms. The summed E-state index contributed by atoms with van der Waals surface area (Å²) < 4.78 is 0.710. The maximum Gasteiger partial charge on any atom is 1.00 e. The van der Waals surface area contributed by atoms with Gasteiger partial charge in [0.05, 0.1) is 0 Å². The van der Waals surface area contributed by atoms with Crippen LogP contribution in [0.5, 0.6) is 5.75 Å². The normalized spacial score (nSPS) is 9.00. The van der Waals surface area contributed by atoms with Crippen molar-refractivity contribution in [3.8, 4) is 5.75 Å². The van der Waals surface area contributed by atoms with E-state index >= 15 is 0 Å². The molecule has 0 radical (unpaired) electrons. The fourth-order valence-corrected chi connectivity index (χ4v) is 1.74. The molecule has 0 atom stereocenters. The quantitative estimate of drug-likeness (QED) is 0.597. The van der Waals surface area contributed by atoms with Gasteiger partial charge in [0.2, 0.25) is 0 Å². The van der Waals surface area contributed by atoms with Gasteiger partial charge in [-0.25, -0.2) is 0 Å². The molecule has 0 spiro atoms. The molecule has 0 saturated carbocycles. The molecular formula is C6H2BrCl2NaO. The van der Waals surface area contributed by atoms with Gasteiger partial charge < -0.3 is 5.11 Å². The van der Waals surface area contributed by atoms with Gasteiger partial charge in [0, 0.05) is 14.5 Å². The molecule has 0 aromatic heterocycles. The smallest absolute Gasteiger partial charge is 0.870 e. The molecule has 1 rings (SSSR count). The summed E-state index contributed by atoms with van der Waals surface area (Å²) in [5, 5.41) is 11.1. The molecule has 0 N–H and O–H groups in total. The van der Waals surface area contributed by atoms with E-state index in [1.54, 1.807) is 0 Å². The van der Waals surface area contributed by atoms with Gasteiger partial charge in [0.25, 0.3) is 0 Å². The van der Waals surface area contributed by atoms with Crippen molar-refractivity contribution in [3.05, 3.63) is 26.7 Å². The minimum absolute atomic E-state index is 0. The van der Waals surface area contributed by atoms with Crippen molar-refractivity contribution < 1.29 is 34.7 Å². The van der Waals surface area contributed by atoms with Crippen molar-refractivity contribution in [2.45, 2.75) is 0 Å². The molecule has 54 valence electrons. The summed E-state index contributed by atoms with van der Waals surface area (Å²) in [7, 11) is 0. The summed E-state index contributed by atoms with van der Waals surface area (Å²) in [4.78, 5) is 0. The van der Waals surface area contributed by atoms with E-state index < -0.39 is 0 Å². The molecule has 11 heavy (non-hydrogen) atoms. The van der Waals surface area contributed by atoms with Crippen LogP contribution in [0.4, 0.5) is 0 Å². The van der Waals surface area contributed by atoms with Gasteiger partial charge >= 0.3 is 29.6 Å². The molecule has 1 aromatic carbocycles. The zero-order valence-corrected chi connectivity index (χ0v) is 10.8. The van der Waals surface area contributed by atoms with Gasteiger partial charge in [-0.3, -0.25) is 0 Å². The summed E-state index contributed by atoms with van der Waals surface area (Å²) in [6, 6.07) is 3.02. The first kappa shape index (κ1) is 12.1. The monoisotopic (exact) mass is 262 g/mol. The zero-order chi connectivity index (χ0) is 7.72. The molecule has 0 aliphatic carbocycles. The zero-order valence-electron chi connectivity index (χ0n) is 5.70. The summed E-state index contributed by atoms with van der Waals surface area (Å²) in [5.41, 5.74) is 0. The number of hydrogen-bond donors (Lipinski definition) is 0.